The van der Waals surface area contributed by atoms with Gasteiger partial charge in [-0.3, -0.25) is 4.79 Å². The van der Waals surface area contributed by atoms with Crippen LogP contribution in [0, 0.1) is 0 Å². The van der Waals surface area contributed by atoms with Crippen LogP contribution in [0.15, 0.2) is 0 Å². The van der Waals surface area contributed by atoms with Gasteiger partial charge < -0.3 is 18.9 Å². The molecule has 0 amide bonds. The van der Waals surface area contributed by atoms with E-state index in [4.69, 9.17) is 18.9 Å². The molecule has 0 radical (unpaired) electrons. The van der Waals surface area contributed by atoms with Crippen molar-refractivity contribution in [1.82, 2.24) is 0 Å². The number of hydrogen-bond donors (Lipinski definition) is 0. The summed E-state index contributed by atoms with van der Waals surface area (Å²) >= 11 is 0. The third-order valence-corrected chi connectivity index (χ3v) is 2.56. The van der Waals surface area contributed by atoms with E-state index in [1.165, 1.54) is 6.92 Å². The predicted octanol–water partition coefficient (Wildman–Crippen LogP) is -0.559. The molecule has 3 heterocycles. The average Bonchev–Trinajstić information content (AvgIpc) is 2.74. The van der Waals surface area contributed by atoms with E-state index in [0.29, 0.717) is 6.61 Å². The number of rotatable bonds is 1. The maximum atomic E-state index is 10.8. The number of esters is 1. The summed E-state index contributed by atoms with van der Waals surface area (Å²) in [6.45, 7) is 1.89. The van der Waals surface area contributed by atoms with Gasteiger partial charge in [0, 0.05) is 6.92 Å². The van der Waals surface area contributed by atoms with E-state index in [1.54, 1.807) is 0 Å². The summed E-state index contributed by atoms with van der Waals surface area (Å²) in [6, 6.07) is 0. The molecular weight excluding hydrogens is 176 g/mol. The molecule has 3 aliphatic heterocycles. The number of ether oxygens (including phenoxy) is 4. The quantitative estimate of drug-likeness (QED) is 0.406. The molecule has 72 valence electrons. The average molecular weight is 186 g/mol. The highest BCUT2D eigenvalue weighted by atomic mass is 16.8. The number of carbonyl (C=O) groups excluding carboxylic acids is 1. The largest absolute Gasteiger partial charge is 0.457 e. The van der Waals surface area contributed by atoms with E-state index < -0.39 is 0 Å². The van der Waals surface area contributed by atoms with Crippen LogP contribution in [0.1, 0.15) is 6.92 Å². The monoisotopic (exact) mass is 186 g/mol. The van der Waals surface area contributed by atoms with Crippen molar-refractivity contribution in [3.8, 4) is 0 Å². The molecular formula is C8H10O5. The molecule has 3 aliphatic rings. The van der Waals surface area contributed by atoms with Crippen LogP contribution in [0.4, 0.5) is 0 Å². The molecule has 0 spiro atoms. The van der Waals surface area contributed by atoms with Crippen molar-refractivity contribution in [2.45, 2.75) is 37.6 Å². The smallest absolute Gasteiger partial charge is 0.303 e. The van der Waals surface area contributed by atoms with Crippen LogP contribution < -0.4 is 0 Å². The first-order valence-corrected chi connectivity index (χ1v) is 4.35. The van der Waals surface area contributed by atoms with Crippen LogP contribution in [0.25, 0.3) is 0 Å². The fourth-order valence-electron chi connectivity index (χ4n) is 1.95. The molecule has 5 atom stereocenters. The van der Waals surface area contributed by atoms with E-state index in [0.717, 1.165) is 0 Å². The van der Waals surface area contributed by atoms with Gasteiger partial charge in [0.2, 0.25) is 0 Å². The maximum Gasteiger partial charge on any atom is 0.303 e. The second-order valence-electron chi connectivity index (χ2n) is 3.52. The molecule has 3 rings (SSSR count). The Bertz CT molecular complexity index is 253. The molecule has 0 N–H and O–H groups in total. The van der Waals surface area contributed by atoms with Crippen molar-refractivity contribution < 1.29 is 23.7 Å². The van der Waals surface area contributed by atoms with Crippen molar-refractivity contribution in [3.63, 3.8) is 0 Å². The summed E-state index contributed by atoms with van der Waals surface area (Å²) in [5.41, 5.74) is 0. The van der Waals surface area contributed by atoms with Crippen LogP contribution in [-0.2, 0) is 23.7 Å². The minimum absolute atomic E-state index is 0.00449. The molecule has 0 aromatic carbocycles. The van der Waals surface area contributed by atoms with Crippen molar-refractivity contribution in [2.24, 2.45) is 0 Å². The Morgan fingerprint density at radius 3 is 3.00 bits per heavy atom. The number of fused-ring (bicyclic) bond motifs is 4. The van der Waals surface area contributed by atoms with Gasteiger partial charge in [-0.1, -0.05) is 0 Å². The fourth-order valence-corrected chi connectivity index (χ4v) is 1.95. The third kappa shape index (κ3) is 1.08. The molecule has 5 heteroatoms. The zero-order chi connectivity index (χ0) is 9.00. The third-order valence-electron chi connectivity index (χ3n) is 2.56. The summed E-state index contributed by atoms with van der Waals surface area (Å²) in [4.78, 5) is 10.8. The molecule has 0 saturated carbocycles. The standard InChI is InChI=1S/C8H10O5/c1-3(9)11-5-4-2-10-8(12-4)7-6(5)13-7/h4-8H,2H2,1H3/t4-,5-,6-,7-,8-/m1/s1. The van der Waals surface area contributed by atoms with Gasteiger partial charge in [-0.2, -0.15) is 0 Å². The molecule has 0 aliphatic carbocycles. The molecule has 2 bridgehead atoms. The summed E-state index contributed by atoms with van der Waals surface area (Å²) in [5.74, 6) is -0.298. The van der Waals surface area contributed by atoms with E-state index in [1.807, 2.05) is 0 Å². The zero-order valence-electron chi connectivity index (χ0n) is 7.14. The first-order valence-electron chi connectivity index (χ1n) is 4.35. The Morgan fingerprint density at radius 2 is 2.23 bits per heavy atom. The summed E-state index contributed by atoms with van der Waals surface area (Å²) in [6.07, 6.45) is -0.682. The molecule has 0 aromatic rings. The Hall–Kier alpha value is -0.650. The lowest BCUT2D eigenvalue weighted by atomic mass is 10.1. The SMILES string of the molecule is CC(=O)O[C@H]1[C@H]2O[C@H]2[C@@H]2OC[C@H]1O2. The van der Waals surface area contributed by atoms with E-state index >= 15 is 0 Å². The lowest BCUT2D eigenvalue weighted by Crippen LogP contribution is -2.42. The highest BCUT2D eigenvalue weighted by molar-refractivity contribution is 5.66. The highest BCUT2D eigenvalue weighted by Crippen LogP contribution is 2.42. The van der Waals surface area contributed by atoms with E-state index in [2.05, 4.69) is 0 Å². The van der Waals surface area contributed by atoms with Gasteiger partial charge in [0.25, 0.3) is 0 Å². The number of carbonyl (C=O) groups is 1. The Balaban J connectivity index is 1.76. The Labute approximate surface area is 74.9 Å². The van der Waals surface area contributed by atoms with Gasteiger partial charge in [0.1, 0.15) is 18.3 Å². The van der Waals surface area contributed by atoms with Crippen LogP contribution in [0.2, 0.25) is 0 Å². The molecule has 3 saturated heterocycles. The van der Waals surface area contributed by atoms with Gasteiger partial charge in [-0.05, 0) is 0 Å². The van der Waals surface area contributed by atoms with Gasteiger partial charge in [0.15, 0.2) is 12.4 Å². The second kappa shape index (κ2) is 2.43. The van der Waals surface area contributed by atoms with Crippen LogP contribution in [0.3, 0.4) is 0 Å². The zero-order valence-corrected chi connectivity index (χ0v) is 7.14. The fraction of sp³-hybridized carbons (Fsp3) is 0.875. The van der Waals surface area contributed by atoms with Crippen molar-refractivity contribution in [2.75, 3.05) is 6.61 Å². The normalized spacial score (nSPS) is 51.3. The Morgan fingerprint density at radius 1 is 1.38 bits per heavy atom. The Kier molecular flexibility index (Phi) is 1.45. The van der Waals surface area contributed by atoms with E-state index in [-0.39, 0.29) is 36.7 Å². The predicted molar refractivity (Wildman–Crippen MR) is 38.8 cm³/mol. The summed E-state index contributed by atoms with van der Waals surface area (Å²) in [5, 5.41) is 0. The lowest BCUT2D eigenvalue weighted by molar-refractivity contribution is -0.160. The second-order valence-corrected chi connectivity index (χ2v) is 3.52. The topological polar surface area (TPSA) is 57.3 Å². The highest BCUT2D eigenvalue weighted by Gasteiger charge is 2.63. The van der Waals surface area contributed by atoms with Gasteiger partial charge in [0.05, 0.1) is 6.61 Å². The minimum atomic E-state index is -0.298. The van der Waals surface area contributed by atoms with Crippen LogP contribution >= 0.6 is 0 Å². The molecule has 0 unspecified atom stereocenters. The molecule has 13 heavy (non-hydrogen) atoms. The van der Waals surface area contributed by atoms with Crippen molar-refractivity contribution in [1.29, 1.82) is 0 Å². The lowest BCUT2D eigenvalue weighted by Gasteiger charge is -2.23. The summed E-state index contributed by atoms with van der Waals surface area (Å²) in [7, 11) is 0. The van der Waals surface area contributed by atoms with Crippen molar-refractivity contribution in [3.05, 3.63) is 0 Å². The maximum absolute atomic E-state index is 10.8. The van der Waals surface area contributed by atoms with Crippen LogP contribution in [-0.4, -0.2) is 43.3 Å². The number of epoxide rings is 1. The molecule has 5 nitrogen and oxygen atoms in total. The van der Waals surface area contributed by atoms with Gasteiger partial charge in [-0.15, -0.1) is 0 Å². The molecule has 3 fully saturated rings. The minimum Gasteiger partial charge on any atom is -0.457 e. The van der Waals surface area contributed by atoms with Gasteiger partial charge >= 0.3 is 5.97 Å². The van der Waals surface area contributed by atoms with Crippen molar-refractivity contribution >= 4 is 5.97 Å². The van der Waals surface area contributed by atoms with E-state index in [9.17, 15) is 4.79 Å². The molecule has 0 aromatic heterocycles. The first kappa shape index (κ1) is 7.73. The first-order chi connectivity index (χ1) is 6.25. The van der Waals surface area contributed by atoms with Gasteiger partial charge in [-0.25, -0.2) is 0 Å². The summed E-state index contributed by atoms with van der Waals surface area (Å²) < 4.78 is 21.1. The number of hydrogen-bond acceptors (Lipinski definition) is 5. The van der Waals surface area contributed by atoms with Crippen LogP contribution in [0.5, 0.6) is 0 Å².